The summed E-state index contributed by atoms with van der Waals surface area (Å²) in [6.45, 7) is 36.0. The lowest BCUT2D eigenvalue weighted by molar-refractivity contribution is 0.337. The van der Waals surface area contributed by atoms with Gasteiger partial charge in [0.1, 0.15) is 0 Å². The normalized spacial score (nSPS) is 16.2. The average molecular weight is 585 g/mol. The van der Waals surface area contributed by atoms with Gasteiger partial charge in [-0.05, 0) is 198 Å². The van der Waals surface area contributed by atoms with Gasteiger partial charge in [0.2, 0.25) is 0 Å². The van der Waals surface area contributed by atoms with Gasteiger partial charge in [-0.2, -0.15) is 0 Å². The fraction of sp³-hybridized carbons (Fsp3) is 0.455. The monoisotopic (exact) mass is 584 g/mol. The van der Waals surface area contributed by atoms with Crippen molar-refractivity contribution in [3.05, 3.63) is 107 Å². The molecule has 0 amide bonds. The van der Waals surface area contributed by atoms with Gasteiger partial charge in [-0.25, -0.2) is 0 Å². The fourth-order valence-corrected chi connectivity index (χ4v) is 7.42. The first kappa shape index (κ1) is 33.4. The van der Waals surface area contributed by atoms with Gasteiger partial charge >= 0.3 is 0 Å². The van der Waals surface area contributed by atoms with E-state index in [2.05, 4.69) is 127 Å². The van der Waals surface area contributed by atoms with Crippen molar-refractivity contribution >= 4 is 5.57 Å². The smallest absolute Gasteiger partial charge is 0.0313 e. The maximum Gasteiger partial charge on any atom is 0.0313 e. The second kappa shape index (κ2) is 12.9. The lowest BCUT2D eigenvalue weighted by atomic mass is 9.75. The Hall–Kier alpha value is -3.48. The van der Waals surface area contributed by atoms with E-state index in [0.29, 0.717) is 5.92 Å². The van der Waals surface area contributed by atoms with Gasteiger partial charge < -0.3 is 0 Å². The summed E-state index contributed by atoms with van der Waals surface area (Å²) in [5.74, 6) is 16.0. The molecule has 0 saturated heterocycles. The molecule has 0 aromatic heterocycles. The Labute approximate surface area is 271 Å². The van der Waals surface area contributed by atoms with Crippen LogP contribution in [0.15, 0.2) is 6.58 Å². The van der Waals surface area contributed by atoms with E-state index in [-0.39, 0.29) is 1.43 Å². The molecule has 1 fully saturated rings. The van der Waals surface area contributed by atoms with Gasteiger partial charge in [-0.3, -0.25) is 0 Å². The molecule has 0 nitrogen and oxygen atoms in total. The highest BCUT2D eigenvalue weighted by molar-refractivity contribution is 5.75. The Morgan fingerprint density at radius 3 is 1.00 bits per heavy atom. The van der Waals surface area contributed by atoms with Crippen LogP contribution in [0.5, 0.6) is 0 Å². The maximum atomic E-state index is 4.66. The van der Waals surface area contributed by atoms with Crippen LogP contribution in [0.3, 0.4) is 0 Å². The summed E-state index contributed by atoms with van der Waals surface area (Å²) in [4.78, 5) is 0. The van der Waals surface area contributed by atoms with E-state index in [4.69, 9.17) is 0 Å². The van der Waals surface area contributed by atoms with Crippen LogP contribution in [0.25, 0.3) is 5.57 Å². The van der Waals surface area contributed by atoms with E-state index >= 15 is 0 Å². The molecule has 1 saturated carbocycles. The van der Waals surface area contributed by atoms with Crippen LogP contribution in [0, 0.1) is 126 Å². The number of hydrogen-bond acceptors (Lipinski definition) is 0. The summed E-state index contributed by atoms with van der Waals surface area (Å²) in [7, 11) is 0. The third-order valence-corrected chi connectivity index (χ3v) is 11.7. The zero-order chi connectivity index (χ0) is 32.8. The minimum absolute atomic E-state index is 0. The molecule has 0 atom stereocenters. The largest absolute Gasteiger partial charge is 0.0949 e. The second-order valence-electron chi connectivity index (χ2n) is 14.0. The van der Waals surface area contributed by atoms with Crippen molar-refractivity contribution in [1.82, 2.24) is 0 Å². The standard InChI is InChI=1S/C44H54.H2/c1-24-16-18-39(19-17-24)38(15)44-36(13)34(11)43(35(12)37(44)14)23-22-42-32(9)30(7)41(31(8)33(42)10)21-20-40-28(5)26(3)25(2)27(4)29(40)6;/h24,39H,15-19H2,1-14H3;1H. The average Bonchev–Trinajstić information content (AvgIpc) is 3.00. The molecule has 0 bridgehead atoms. The van der Waals surface area contributed by atoms with Crippen LogP contribution < -0.4 is 0 Å². The molecule has 0 spiro atoms. The van der Waals surface area contributed by atoms with Gasteiger partial charge in [0, 0.05) is 23.7 Å². The molecular weight excluding hydrogens is 528 g/mol. The van der Waals surface area contributed by atoms with Gasteiger partial charge in [-0.15, -0.1) is 0 Å². The SMILES string of the molecule is C=C(c1c(C)c(C)c(C#Cc2c(C)c(C)c(C#Cc3c(C)c(C)c(C)c(C)c3C)c(C)c2C)c(C)c1C)C1CCC(C)CC1.[HH]. The first-order valence-corrected chi connectivity index (χ1v) is 16.6. The highest BCUT2D eigenvalue weighted by Crippen LogP contribution is 2.40. The van der Waals surface area contributed by atoms with Crippen molar-refractivity contribution in [2.24, 2.45) is 11.8 Å². The van der Waals surface area contributed by atoms with Gasteiger partial charge in [-0.1, -0.05) is 50.0 Å². The molecule has 1 aliphatic carbocycles. The Morgan fingerprint density at radius 2 is 0.682 bits per heavy atom. The molecule has 3 aromatic rings. The number of hydrogen-bond donors (Lipinski definition) is 0. The van der Waals surface area contributed by atoms with Gasteiger partial charge in [0.15, 0.2) is 0 Å². The summed E-state index contributed by atoms with van der Waals surface area (Å²) in [5, 5.41) is 0. The third kappa shape index (κ3) is 5.82. The van der Waals surface area contributed by atoms with Crippen LogP contribution in [0.1, 0.15) is 134 Å². The number of rotatable bonds is 2. The fourth-order valence-electron chi connectivity index (χ4n) is 7.42. The zero-order valence-electron chi connectivity index (χ0n) is 30.2. The molecule has 0 radical (unpaired) electrons. The van der Waals surface area contributed by atoms with Crippen molar-refractivity contribution < 1.29 is 1.43 Å². The van der Waals surface area contributed by atoms with Crippen LogP contribution in [0.2, 0.25) is 0 Å². The lowest BCUT2D eigenvalue weighted by Gasteiger charge is -2.30. The number of benzene rings is 3. The Bertz CT molecular complexity index is 1720. The second-order valence-corrected chi connectivity index (χ2v) is 14.0. The molecule has 0 heterocycles. The molecule has 1 aliphatic rings. The summed E-state index contributed by atoms with van der Waals surface area (Å²) < 4.78 is 0. The number of allylic oxidation sites excluding steroid dienone is 1. The quantitative estimate of drug-likeness (QED) is 0.263. The van der Waals surface area contributed by atoms with E-state index in [1.807, 2.05) is 0 Å². The predicted molar refractivity (Wildman–Crippen MR) is 195 cm³/mol. The highest BCUT2D eigenvalue weighted by Gasteiger charge is 2.25. The molecule has 3 aromatic carbocycles. The van der Waals surface area contributed by atoms with Crippen LogP contribution in [0.4, 0.5) is 0 Å². The molecule has 4 rings (SSSR count). The topological polar surface area (TPSA) is 0 Å². The minimum Gasteiger partial charge on any atom is -0.0949 e. The summed E-state index contributed by atoms with van der Waals surface area (Å²) in [6, 6.07) is 0. The van der Waals surface area contributed by atoms with E-state index in [1.165, 1.54) is 120 Å². The van der Waals surface area contributed by atoms with Gasteiger partial charge in [0.05, 0.1) is 0 Å². The molecule has 0 N–H and O–H groups in total. The first-order chi connectivity index (χ1) is 20.6. The van der Waals surface area contributed by atoms with E-state index < -0.39 is 0 Å². The van der Waals surface area contributed by atoms with Crippen LogP contribution in [-0.4, -0.2) is 0 Å². The van der Waals surface area contributed by atoms with Crippen molar-refractivity contribution in [2.45, 2.75) is 123 Å². The highest BCUT2D eigenvalue weighted by atomic mass is 14.3. The molecule has 0 heteroatoms. The van der Waals surface area contributed by atoms with E-state index in [9.17, 15) is 0 Å². The molecule has 232 valence electrons. The maximum absolute atomic E-state index is 4.66. The molecule has 44 heavy (non-hydrogen) atoms. The third-order valence-electron chi connectivity index (χ3n) is 11.7. The van der Waals surface area contributed by atoms with Crippen LogP contribution >= 0.6 is 0 Å². The van der Waals surface area contributed by atoms with E-state index in [1.54, 1.807) is 0 Å². The zero-order valence-corrected chi connectivity index (χ0v) is 30.2. The molecule has 0 aliphatic heterocycles. The Balaban J connectivity index is 0.00000552. The minimum atomic E-state index is 0. The van der Waals surface area contributed by atoms with Crippen molar-refractivity contribution in [3.63, 3.8) is 0 Å². The summed E-state index contributed by atoms with van der Waals surface area (Å²) in [5.41, 5.74) is 24.2. The van der Waals surface area contributed by atoms with Crippen molar-refractivity contribution in [1.29, 1.82) is 0 Å². The Kier molecular flexibility index (Phi) is 9.77. The van der Waals surface area contributed by atoms with E-state index in [0.717, 1.165) is 17.0 Å². The molecule has 0 unspecified atom stereocenters. The lowest BCUT2D eigenvalue weighted by Crippen LogP contribution is -2.15. The predicted octanol–water partition coefficient (Wildman–Crippen LogP) is 11.6. The summed E-state index contributed by atoms with van der Waals surface area (Å²) >= 11 is 0. The van der Waals surface area contributed by atoms with Gasteiger partial charge in [0.25, 0.3) is 0 Å². The molecular formula is C44H56. The first-order valence-electron chi connectivity index (χ1n) is 16.6. The van der Waals surface area contributed by atoms with Crippen molar-refractivity contribution in [3.8, 4) is 23.7 Å². The Morgan fingerprint density at radius 1 is 0.432 bits per heavy atom. The van der Waals surface area contributed by atoms with Crippen molar-refractivity contribution in [2.75, 3.05) is 0 Å². The van der Waals surface area contributed by atoms with Crippen LogP contribution in [-0.2, 0) is 0 Å². The summed E-state index contributed by atoms with van der Waals surface area (Å²) in [6.07, 6.45) is 5.16.